The molecule has 1 aromatic heterocycles. The van der Waals surface area contributed by atoms with Crippen molar-refractivity contribution < 1.29 is 9.66 Å². The lowest BCUT2D eigenvalue weighted by molar-refractivity contribution is -0.481. The smallest absolute Gasteiger partial charge is 0.214 e. The standard InChI is InChI=1S/C18H18N2O3/c1-12-18(15-5-3-4-6-17(15)19-12)16(11-20(21)22)13-7-9-14(23-2)10-8-13/h3-10,16,19H,11H2,1-2H3/t16-/m0/s1. The number of nitrogens with zero attached hydrogens (tertiary/aromatic N) is 1. The number of nitrogens with one attached hydrogen (secondary N) is 1. The average molecular weight is 310 g/mol. The number of hydrogen-bond acceptors (Lipinski definition) is 3. The summed E-state index contributed by atoms with van der Waals surface area (Å²) in [6.45, 7) is 1.82. The first-order valence-corrected chi connectivity index (χ1v) is 7.43. The summed E-state index contributed by atoms with van der Waals surface area (Å²) in [5.74, 6) is 0.441. The molecular weight excluding hydrogens is 292 g/mol. The predicted octanol–water partition coefficient (Wildman–Crippen LogP) is 3.89. The maximum absolute atomic E-state index is 11.2. The van der Waals surface area contributed by atoms with E-state index in [-0.39, 0.29) is 17.4 Å². The molecule has 0 aliphatic heterocycles. The summed E-state index contributed by atoms with van der Waals surface area (Å²) >= 11 is 0. The number of rotatable bonds is 5. The zero-order chi connectivity index (χ0) is 16.4. The molecule has 0 aliphatic carbocycles. The van der Waals surface area contributed by atoms with Crippen LogP contribution in [-0.2, 0) is 0 Å². The van der Waals surface area contributed by atoms with Crippen molar-refractivity contribution in [3.63, 3.8) is 0 Å². The lowest BCUT2D eigenvalue weighted by Gasteiger charge is -2.15. The number of methoxy groups -OCH3 is 1. The average Bonchev–Trinajstić information content (AvgIpc) is 2.88. The number of aryl methyl sites for hydroxylation is 1. The summed E-state index contributed by atoms with van der Waals surface area (Å²) in [5.41, 5.74) is 3.87. The molecule has 1 N–H and O–H groups in total. The van der Waals surface area contributed by atoms with Gasteiger partial charge in [-0.2, -0.15) is 0 Å². The fraction of sp³-hybridized carbons (Fsp3) is 0.222. The van der Waals surface area contributed by atoms with Crippen molar-refractivity contribution in [1.29, 1.82) is 0 Å². The number of aromatic nitrogens is 1. The SMILES string of the molecule is COc1ccc([C@H](C[N+](=O)[O-])c2c(C)[nH]c3ccccc23)cc1. The van der Waals surface area contributed by atoms with Gasteiger partial charge in [-0.1, -0.05) is 30.3 Å². The molecule has 0 fully saturated rings. The molecule has 0 radical (unpaired) electrons. The van der Waals surface area contributed by atoms with Crippen molar-refractivity contribution in [1.82, 2.24) is 4.98 Å². The molecule has 0 saturated heterocycles. The number of nitro groups is 1. The number of H-pyrrole nitrogens is 1. The van der Waals surface area contributed by atoms with Crippen LogP contribution >= 0.6 is 0 Å². The van der Waals surface area contributed by atoms with E-state index in [4.69, 9.17) is 4.74 Å². The van der Waals surface area contributed by atoms with Crippen LogP contribution in [0.5, 0.6) is 5.75 Å². The third kappa shape index (κ3) is 2.90. The van der Waals surface area contributed by atoms with Crippen LogP contribution in [0.1, 0.15) is 22.7 Å². The van der Waals surface area contributed by atoms with Crippen LogP contribution in [0.2, 0.25) is 0 Å². The second kappa shape index (κ2) is 6.12. The maximum atomic E-state index is 11.2. The molecule has 0 bridgehead atoms. The van der Waals surface area contributed by atoms with Gasteiger partial charge in [-0.15, -0.1) is 0 Å². The number of benzene rings is 2. The first-order valence-electron chi connectivity index (χ1n) is 7.43. The molecule has 1 heterocycles. The monoisotopic (exact) mass is 310 g/mol. The van der Waals surface area contributed by atoms with Crippen molar-refractivity contribution in [2.75, 3.05) is 13.7 Å². The van der Waals surface area contributed by atoms with E-state index in [2.05, 4.69) is 4.98 Å². The van der Waals surface area contributed by atoms with Crippen molar-refractivity contribution in [2.24, 2.45) is 0 Å². The lowest BCUT2D eigenvalue weighted by atomic mass is 9.89. The van der Waals surface area contributed by atoms with Crippen LogP contribution in [0.3, 0.4) is 0 Å². The van der Waals surface area contributed by atoms with Crippen LogP contribution in [0.15, 0.2) is 48.5 Å². The van der Waals surface area contributed by atoms with Gasteiger partial charge < -0.3 is 9.72 Å². The Hall–Kier alpha value is -2.82. The Bertz CT molecular complexity index is 837. The molecule has 5 heteroatoms. The Morgan fingerprint density at radius 1 is 1.17 bits per heavy atom. The highest BCUT2D eigenvalue weighted by molar-refractivity contribution is 5.85. The lowest BCUT2D eigenvalue weighted by Crippen LogP contribution is -2.14. The van der Waals surface area contributed by atoms with Crippen LogP contribution in [0, 0.1) is 17.0 Å². The first-order chi connectivity index (χ1) is 11.1. The minimum atomic E-state index is -0.299. The topological polar surface area (TPSA) is 68.2 Å². The van der Waals surface area contributed by atoms with Gasteiger partial charge in [0.25, 0.3) is 0 Å². The third-order valence-electron chi connectivity index (χ3n) is 4.14. The summed E-state index contributed by atoms with van der Waals surface area (Å²) < 4.78 is 5.17. The molecule has 0 saturated carbocycles. The number of para-hydroxylation sites is 1. The normalized spacial score (nSPS) is 12.3. The molecule has 0 aliphatic rings. The first kappa shape index (κ1) is 15.1. The van der Waals surface area contributed by atoms with Crippen molar-refractivity contribution in [3.8, 4) is 5.75 Å². The van der Waals surface area contributed by atoms with E-state index in [0.717, 1.165) is 33.5 Å². The molecule has 2 aromatic carbocycles. The largest absolute Gasteiger partial charge is 0.497 e. The van der Waals surface area contributed by atoms with Gasteiger partial charge in [-0.05, 0) is 36.2 Å². The molecule has 5 nitrogen and oxygen atoms in total. The Balaban J connectivity index is 2.14. The van der Waals surface area contributed by atoms with Crippen LogP contribution < -0.4 is 4.74 Å². The quantitative estimate of drug-likeness (QED) is 0.574. The Labute approximate surface area is 134 Å². The van der Waals surface area contributed by atoms with Crippen LogP contribution in [0.25, 0.3) is 10.9 Å². The zero-order valence-corrected chi connectivity index (χ0v) is 13.1. The van der Waals surface area contributed by atoms with Gasteiger partial charge in [0.2, 0.25) is 6.54 Å². The molecule has 0 spiro atoms. The summed E-state index contributed by atoms with van der Waals surface area (Å²) in [6, 6.07) is 15.4. The summed E-state index contributed by atoms with van der Waals surface area (Å²) in [6.07, 6.45) is 0. The van der Waals surface area contributed by atoms with E-state index in [1.165, 1.54) is 0 Å². The van der Waals surface area contributed by atoms with Gasteiger partial charge in [0.15, 0.2) is 0 Å². The maximum Gasteiger partial charge on any atom is 0.214 e. The second-order valence-electron chi connectivity index (χ2n) is 5.55. The fourth-order valence-corrected chi connectivity index (χ4v) is 3.10. The van der Waals surface area contributed by atoms with E-state index < -0.39 is 0 Å². The Morgan fingerprint density at radius 2 is 1.87 bits per heavy atom. The summed E-state index contributed by atoms with van der Waals surface area (Å²) in [7, 11) is 1.60. The number of fused-ring (bicyclic) bond motifs is 1. The van der Waals surface area contributed by atoms with Gasteiger partial charge in [0.1, 0.15) is 5.75 Å². The van der Waals surface area contributed by atoms with E-state index in [1.807, 2.05) is 55.5 Å². The number of hydrogen-bond donors (Lipinski definition) is 1. The number of ether oxygens (including phenoxy) is 1. The Kier molecular flexibility index (Phi) is 4.02. The highest BCUT2D eigenvalue weighted by Gasteiger charge is 2.25. The molecular formula is C18H18N2O3. The molecule has 0 amide bonds. The zero-order valence-electron chi connectivity index (χ0n) is 13.1. The van der Waals surface area contributed by atoms with Gasteiger partial charge in [0, 0.05) is 21.5 Å². The molecule has 23 heavy (non-hydrogen) atoms. The summed E-state index contributed by atoms with van der Waals surface area (Å²) in [4.78, 5) is 14.3. The molecule has 3 rings (SSSR count). The minimum absolute atomic E-state index is 0.144. The third-order valence-corrected chi connectivity index (χ3v) is 4.14. The van der Waals surface area contributed by atoms with Gasteiger partial charge in [-0.3, -0.25) is 10.1 Å². The number of aromatic amines is 1. The Morgan fingerprint density at radius 3 is 2.52 bits per heavy atom. The van der Waals surface area contributed by atoms with Gasteiger partial charge in [0.05, 0.1) is 13.0 Å². The molecule has 118 valence electrons. The highest BCUT2D eigenvalue weighted by Crippen LogP contribution is 2.34. The van der Waals surface area contributed by atoms with Gasteiger partial charge >= 0.3 is 0 Å². The summed E-state index contributed by atoms with van der Waals surface area (Å²) in [5, 5.41) is 12.3. The second-order valence-corrected chi connectivity index (χ2v) is 5.55. The van der Waals surface area contributed by atoms with E-state index in [9.17, 15) is 10.1 Å². The van der Waals surface area contributed by atoms with Gasteiger partial charge in [-0.25, -0.2) is 0 Å². The van der Waals surface area contributed by atoms with Crippen molar-refractivity contribution >= 4 is 10.9 Å². The fourth-order valence-electron chi connectivity index (χ4n) is 3.10. The highest BCUT2D eigenvalue weighted by atomic mass is 16.6. The van der Waals surface area contributed by atoms with Crippen molar-refractivity contribution in [2.45, 2.75) is 12.8 Å². The van der Waals surface area contributed by atoms with Crippen LogP contribution in [-0.4, -0.2) is 23.6 Å². The van der Waals surface area contributed by atoms with E-state index in [0.29, 0.717) is 0 Å². The predicted molar refractivity (Wildman–Crippen MR) is 89.7 cm³/mol. The van der Waals surface area contributed by atoms with E-state index >= 15 is 0 Å². The molecule has 0 unspecified atom stereocenters. The molecule has 1 atom stereocenters. The minimum Gasteiger partial charge on any atom is -0.497 e. The van der Waals surface area contributed by atoms with Crippen LogP contribution in [0.4, 0.5) is 0 Å². The molecule has 3 aromatic rings. The van der Waals surface area contributed by atoms with Crippen molar-refractivity contribution in [3.05, 3.63) is 75.5 Å². The van der Waals surface area contributed by atoms with E-state index in [1.54, 1.807) is 7.11 Å².